The number of aliphatic imine (C=N–C) groups is 1. The van der Waals surface area contributed by atoms with Gasteiger partial charge in [-0.3, -0.25) is 4.99 Å². The van der Waals surface area contributed by atoms with Gasteiger partial charge in [0.25, 0.3) is 0 Å². The van der Waals surface area contributed by atoms with Gasteiger partial charge >= 0.3 is 12.1 Å². The molecule has 0 spiro atoms. The van der Waals surface area contributed by atoms with E-state index in [0.29, 0.717) is 5.56 Å². The highest BCUT2D eigenvalue weighted by molar-refractivity contribution is 5.85. The van der Waals surface area contributed by atoms with E-state index in [1.165, 1.54) is 0 Å². The van der Waals surface area contributed by atoms with E-state index in [1.54, 1.807) is 35.8 Å². The summed E-state index contributed by atoms with van der Waals surface area (Å²) in [7, 11) is 0. The lowest BCUT2D eigenvalue weighted by Gasteiger charge is -2.12. The topological polar surface area (TPSA) is 172 Å². The van der Waals surface area contributed by atoms with E-state index in [2.05, 4.69) is 9.73 Å². The van der Waals surface area contributed by atoms with E-state index in [9.17, 15) is 19.7 Å². The largest absolute Gasteiger partial charge is 0.516 e. The van der Waals surface area contributed by atoms with Crippen LogP contribution in [0.4, 0.5) is 4.79 Å². The first-order valence-corrected chi connectivity index (χ1v) is 7.27. The third kappa shape index (κ3) is 8.74. The predicted molar refractivity (Wildman–Crippen MR) is 86.5 cm³/mol. The average Bonchev–Trinajstić information content (AvgIpc) is 2.56. The summed E-state index contributed by atoms with van der Waals surface area (Å²) in [4.78, 5) is 37.6. The van der Waals surface area contributed by atoms with Crippen molar-refractivity contribution in [3.05, 3.63) is 46.0 Å². The van der Waals surface area contributed by atoms with Crippen molar-refractivity contribution in [2.75, 3.05) is 6.54 Å². The van der Waals surface area contributed by atoms with Gasteiger partial charge in [0.05, 0.1) is 0 Å². The Morgan fingerprint density at radius 3 is 2.56 bits per heavy atom. The molecule has 0 saturated heterocycles. The summed E-state index contributed by atoms with van der Waals surface area (Å²) in [5, 5.41) is 9.65. The molecule has 0 aliphatic carbocycles. The van der Waals surface area contributed by atoms with Crippen LogP contribution in [0.5, 0.6) is 0 Å². The molecule has 1 aromatic carbocycles. The maximum absolute atomic E-state index is 11.9. The minimum atomic E-state index is -1.34. The van der Waals surface area contributed by atoms with E-state index in [4.69, 9.17) is 16.2 Å². The Bertz CT molecular complexity index is 617. The molecule has 0 heterocycles. The lowest BCUT2D eigenvalue weighted by atomic mass is 10.1. The zero-order chi connectivity index (χ0) is 18.7. The fourth-order valence-corrected chi connectivity index (χ4v) is 1.77. The van der Waals surface area contributed by atoms with Crippen LogP contribution >= 0.6 is 0 Å². The Kier molecular flexibility index (Phi) is 8.20. The monoisotopic (exact) mass is 353 g/mol. The Morgan fingerprint density at radius 1 is 1.28 bits per heavy atom. The Morgan fingerprint density at radius 2 is 1.96 bits per heavy atom. The first-order chi connectivity index (χ1) is 11.9. The normalized spacial score (nSPS) is 11.0. The fraction of sp³-hybridized carbons (Fsp3) is 0.357. The number of esters is 1. The molecule has 0 fully saturated rings. The molecule has 11 heteroatoms. The number of nitrogens with one attached hydrogen (secondary N) is 1. The summed E-state index contributed by atoms with van der Waals surface area (Å²) >= 11 is 0. The lowest BCUT2D eigenvalue weighted by molar-refractivity contribution is -0.549. The van der Waals surface area contributed by atoms with Crippen LogP contribution in [0.15, 0.2) is 35.3 Å². The number of nitro groups is 1. The fourth-order valence-electron chi connectivity index (χ4n) is 1.77. The standard InChI is InChI=1S/C14H19N5O6/c15-13(16)17-8-4-7-11(18-19(22)23)12(20)25-14(21)24-9-10-5-2-1-3-6-10/h1-3,5-6,11,18H,4,7-9H2,(H4,15,16,17)/t11-/m0/s1. The number of hydrogen-bond donors (Lipinski definition) is 3. The minimum absolute atomic E-state index is 0.0114. The number of ether oxygens (including phenoxy) is 2. The highest BCUT2D eigenvalue weighted by Gasteiger charge is 2.27. The second-order valence-corrected chi connectivity index (χ2v) is 4.83. The number of benzene rings is 1. The summed E-state index contributed by atoms with van der Waals surface area (Å²) < 4.78 is 9.24. The Labute approximate surface area is 143 Å². The van der Waals surface area contributed by atoms with Crippen molar-refractivity contribution in [3.8, 4) is 0 Å². The Balaban J connectivity index is 2.47. The third-order valence-corrected chi connectivity index (χ3v) is 2.87. The number of carbonyl (C=O) groups excluding carboxylic acids is 2. The molecule has 1 rings (SSSR count). The van der Waals surface area contributed by atoms with Gasteiger partial charge in [0.15, 0.2) is 17.0 Å². The van der Waals surface area contributed by atoms with Crippen molar-refractivity contribution in [2.24, 2.45) is 16.5 Å². The van der Waals surface area contributed by atoms with Gasteiger partial charge in [-0.2, -0.15) is 0 Å². The van der Waals surface area contributed by atoms with Crippen molar-refractivity contribution in [2.45, 2.75) is 25.5 Å². The van der Waals surface area contributed by atoms with Crippen LogP contribution in [0, 0.1) is 10.1 Å². The zero-order valence-corrected chi connectivity index (χ0v) is 13.3. The molecule has 0 unspecified atom stereocenters. The molecular formula is C14H19N5O6. The average molecular weight is 353 g/mol. The van der Waals surface area contributed by atoms with Gasteiger partial charge in [0, 0.05) is 6.54 Å². The zero-order valence-electron chi connectivity index (χ0n) is 13.3. The second-order valence-electron chi connectivity index (χ2n) is 4.83. The summed E-state index contributed by atoms with van der Waals surface area (Å²) in [6.45, 7) is 0.0781. The van der Waals surface area contributed by atoms with Gasteiger partial charge in [0.1, 0.15) is 6.61 Å². The molecule has 5 N–H and O–H groups in total. The molecule has 0 aliphatic rings. The molecule has 0 bridgehead atoms. The van der Waals surface area contributed by atoms with Gasteiger partial charge in [-0.1, -0.05) is 30.3 Å². The molecule has 1 aromatic rings. The molecule has 25 heavy (non-hydrogen) atoms. The number of nitrogens with zero attached hydrogens (tertiary/aromatic N) is 2. The number of hydrazine groups is 1. The molecule has 0 aliphatic heterocycles. The molecule has 0 saturated carbocycles. The summed E-state index contributed by atoms with van der Waals surface area (Å²) in [6.07, 6.45) is -0.992. The molecule has 0 radical (unpaired) electrons. The molecule has 136 valence electrons. The van der Waals surface area contributed by atoms with E-state index in [-0.39, 0.29) is 32.0 Å². The number of hydrogen-bond acceptors (Lipinski definition) is 7. The highest BCUT2D eigenvalue weighted by Crippen LogP contribution is 2.05. The van der Waals surface area contributed by atoms with Crippen molar-refractivity contribution in [3.63, 3.8) is 0 Å². The molecule has 0 amide bonds. The SMILES string of the molecule is NC(N)=NCCC[C@H](N[N+](=O)[O-])C(=O)OC(=O)OCc1ccccc1. The highest BCUT2D eigenvalue weighted by atomic mass is 16.7. The van der Waals surface area contributed by atoms with E-state index in [0.717, 1.165) is 0 Å². The smallest absolute Gasteiger partial charge is 0.429 e. The van der Waals surface area contributed by atoms with Crippen LogP contribution in [0.25, 0.3) is 0 Å². The van der Waals surface area contributed by atoms with Crippen molar-refractivity contribution in [1.82, 2.24) is 5.43 Å². The van der Waals surface area contributed by atoms with Crippen molar-refractivity contribution >= 4 is 18.1 Å². The van der Waals surface area contributed by atoms with Crippen LogP contribution < -0.4 is 16.9 Å². The van der Waals surface area contributed by atoms with Crippen molar-refractivity contribution < 1.29 is 24.1 Å². The van der Waals surface area contributed by atoms with Crippen molar-refractivity contribution in [1.29, 1.82) is 0 Å². The van der Waals surface area contributed by atoms with Gasteiger partial charge in [0.2, 0.25) is 0 Å². The predicted octanol–water partition coefficient (Wildman–Crippen LogP) is 0.0699. The quantitative estimate of drug-likeness (QED) is 0.106. The van der Waals surface area contributed by atoms with Crippen LogP contribution in [-0.2, 0) is 20.9 Å². The van der Waals surface area contributed by atoms with E-state index < -0.39 is 23.2 Å². The maximum Gasteiger partial charge on any atom is 0.516 e. The van der Waals surface area contributed by atoms with Gasteiger partial charge in [-0.05, 0) is 18.4 Å². The molecule has 0 aromatic heterocycles. The van der Waals surface area contributed by atoms with E-state index >= 15 is 0 Å². The van der Waals surface area contributed by atoms with Gasteiger partial charge in [-0.25, -0.2) is 19.7 Å². The molecule has 1 atom stereocenters. The maximum atomic E-state index is 11.9. The van der Waals surface area contributed by atoms with E-state index in [1.807, 2.05) is 0 Å². The Hall–Kier alpha value is -3.37. The first kappa shape index (κ1) is 19.7. The first-order valence-electron chi connectivity index (χ1n) is 7.27. The van der Waals surface area contributed by atoms with Gasteiger partial charge in [-0.15, -0.1) is 5.43 Å². The minimum Gasteiger partial charge on any atom is -0.429 e. The third-order valence-electron chi connectivity index (χ3n) is 2.87. The van der Waals surface area contributed by atoms with Crippen LogP contribution in [-0.4, -0.2) is 35.7 Å². The summed E-state index contributed by atoms with van der Waals surface area (Å²) in [5.41, 5.74) is 12.8. The lowest BCUT2D eigenvalue weighted by Crippen LogP contribution is -2.42. The number of rotatable bonds is 9. The second kappa shape index (κ2) is 10.4. The number of carbonyl (C=O) groups is 2. The van der Waals surface area contributed by atoms with Crippen LogP contribution in [0.3, 0.4) is 0 Å². The molecule has 11 nitrogen and oxygen atoms in total. The number of nitrogens with two attached hydrogens (primary N) is 2. The summed E-state index contributed by atoms with van der Waals surface area (Å²) in [5.74, 6) is -1.26. The van der Waals surface area contributed by atoms with Gasteiger partial charge < -0.3 is 20.9 Å². The molecular weight excluding hydrogens is 334 g/mol. The summed E-state index contributed by atoms with van der Waals surface area (Å²) in [6, 6.07) is 7.40. The number of guanidine groups is 1. The van der Waals surface area contributed by atoms with Crippen LogP contribution in [0.2, 0.25) is 0 Å². The van der Waals surface area contributed by atoms with Crippen LogP contribution in [0.1, 0.15) is 18.4 Å².